The first-order valence-electron chi connectivity index (χ1n) is 12.5. The van der Waals surface area contributed by atoms with E-state index in [0.717, 1.165) is 0 Å². The van der Waals surface area contributed by atoms with Crippen LogP contribution in [0.15, 0.2) is 72.8 Å². The van der Waals surface area contributed by atoms with Crippen molar-refractivity contribution in [3.8, 4) is 5.75 Å². The standard InChI is InChI=1S/C28H30ClN5O5S/c1-18(2)39-25(15-16-30-28(35)19-9-5-4-6-10-19)40(36,37)34-27-26(31-22-11-7-8-12-23(22)32-27)33-24-17-20(38-3)13-14-21(24)29/h4-14,17-18,25H,15-16H2,1-3H3,(H,30,35)(H,31,33)(H,32,34). The summed E-state index contributed by atoms with van der Waals surface area (Å²) in [6.45, 7) is 3.54. The first-order valence-corrected chi connectivity index (χ1v) is 14.5. The van der Waals surface area contributed by atoms with Crippen LogP contribution in [-0.2, 0) is 14.8 Å². The SMILES string of the molecule is COc1ccc(Cl)c(Nc2nc3ccccc3nc2NS(=O)(=O)C(CCNC(=O)c2ccccc2)OC(C)C)c1. The number of amides is 1. The predicted octanol–water partition coefficient (Wildman–Crippen LogP) is 5.35. The van der Waals surface area contributed by atoms with Gasteiger partial charge in [0, 0.05) is 24.6 Å². The maximum atomic E-state index is 13.6. The minimum atomic E-state index is -4.16. The molecule has 0 spiro atoms. The van der Waals surface area contributed by atoms with E-state index < -0.39 is 21.6 Å². The van der Waals surface area contributed by atoms with E-state index in [1.165, 1.54) is 7.11 Å². The highest BCUT2D eigenvalue weighted by Gasteiger charge is 2.29. The largest absolute Gasteiger partial charge is 0.497 e. The van der Waals surface area contributed by atoms with Crippen molar-refractivity contribution in [3.63, 3.8) is 0 Å². The number of methoxy groups -OCH3 is 1. The Morgan fingerprint density at radius 1 is 0.950 bits per heavy atom. The van der Waals surface area contributed by atoms with Gasteiger partial charge in [0.2, 0.25) is 0 Å². The minimum Gasteiger partial charge on any atom is -0.497 e. The quantitative estimate of drug-likeness (QED) is 0.203. The van der Waals surface area contributed by atoms with Gasteiger partial charge in [0.15, 0.2) is 17.1 Å². The molecule has 0 bridgehead atoms. The molecule has 40 heavy (non-hydrogen) atoms. The van der Waals surface area contributed by atoms with E-state index >= 15 is 0 Å². The molecule has 10 nitrogen and oxygen atoms in total. The molecule has 0 radical (unpaired) electrons. The summed E-state index contributed by atoms with van der Waals surface area (Å²) in [6.07, 6.45) is -0.403. The van der Waals surface area contributed by atoms with Crippen molar-refractivity contribution in [1.82, 2.24) is 15.3 Å². The lowest BCUT2D eigenvalue weighted by Crippen LogP contribution is -2.36. The van der Waals surface area contributed by atoms with Gasteiger partial charge < -0.3 is 20.1 Å². The fraction of sp³-hybridized carbons (Fsp3) is 0.250. The van der Waals surface area contributed by atoms with Crippen molar-refractivity contribution in [2.75, 3.05) is 23.7 Å². The van der Waals surface area contributed by atoms with Crippen LogP contribution in [-0.4, -0.2) is 49.5 Å². The molecule has 0 aliphatic heterocycles. The lowest BCUT2D eigenvalue weighted by atomic mass is 10.2. The van der Waals surface area contributed by atoms with Crippen LogP contribution < -0.4 is 20.1 Å². The van der Waals surface area contributed by atoms with Crippen LogP contribution >= 0.6 is 11.6 Å². The second-order valence-corrected chi connectivity index (χ2v) is 11.3. The zero-order valence-corrected chi connectivity index (χ0v) is 23.8. The number of aromatic nitrogens is 2. The van der Waals surface area contributed by atoms with Gasteiger partial charge in [-0.1, -0.05) is 41.9 Å². The maximum Gasteiger partial charge on any atom is 0.261 e. The summed E-state index contributed by atoms with van der Waals surface area (Å²) in [5.74, 6) is 0.336. The Balaban J connectivity index is 1.61. The maximum absolute atomic E-state index is 13.6. The van der Waals surface area contributed by atoms with E-state index in [9.17, 15) is 13.2 Å². The van der Waals surface area contributed by atoms with Gasteiger partial charge in [-0.3, -0.25) is 9.52 Å². The number of anilines is 3. The van der Waals surface area contributed by atoms with E-state index in [4.69, 9.17) is 21.1 Å². The normalized spacial score (nSPS) is 12.2. The zero-order valence-electron chi connectivity index (χ0n) is 22.2. The Kier molecular flexibility index (Phi) is 9.41. The van der Waals surface area contributed by atoms with Crippen molar-refractivity contribution >= 4 is 55.9 Å². The van der Waals surface area contributed by atoms with Crippen molar-refractivity contribution in [2.45, 2.75) is 31.8 Å². The highest BCUT2D eigenvalue weighted by atomic mass is 35.5. The van der Waals surface area contributed by atoms with E-state index in [1.54, 1.807) is 80.6 Å². The monoisotopic (exact) mass is 583 g/mol. The van der Waals surface area contributed by atoms with Gasteiger partial charge in [-0.05, 0) is 50.2 Å². The molecule has 3 N–H and O–H groups in total. The van der Waals surface area contributed by atoms with Crippen molar-refractivity contribution in [3.05, 3.63) is 83.4 Å². The number of hydrogen-bond donors (Lipinski definition) is 3. The Morgan fingerprint density at radius 3 is 2.25 bits per heavy atom. The Hall–Kier alpha value is -3.93. The minimum absolute atomic E-state index is 0.00241. The number of hydrogen-bond acceptors (Lipinski definition) is 8. The number of para-hydroxylation sites is 2. The zero-order chi connectivity index (χ0) is 28.7. The highest BCUT2D eigenvalue weighted by Crippen LogP contribution is 2.32. The van der Waals surface area contributed by atoms with E-state index in [1.807, 2.05) is 6.07 Å². The van der Waals surface area contributed by atoms with Gasteiger partial charge >= 0.3 is 0 Å². The van der Waals surface area contributed by atoms with Crippen molar-refractivity contribution < 1.29 is 22.7 Å². The average molecular weight is 584 g/mol. The summed E-state index contributed by atoms with van der Waals surface area (Å²) in [4.78, 5) is 21.6. The van der Waals surface area contributed by atoms with Crippen LogP contribution in [0.25, 0.3) is 11.0 Å². The lowest BCUT2D eigenvalue weighted by molar-refractivity contribution is 0.0493. The fourth-order valence-corrected chi connectivity index (χ4v) is 5.31. The van der Waals surface area contributed by atoms with Gasteiger partial charge in [-0.15, -0.1) is 0 Å². The summed E-state index contributed by atoms with van der Waals surface area (Å²) in [6, 6.07) is 20.8. The van der Waals surface area contributed by atoms with Gasteiger partial charge in [0.1, 0.15) is 5.75 Å². The van der Waals surface area contributed by atoms with Crippen LogP contribution in [0.2, 0.25) is 5.02 Å². The number of carbonyl (C=O) groups excluding carboxylic acids is 1. The number of benzene rings is 3. The molecule has 0 aliphatic rings. The number of fused-ring (bicyclic) bond motifs is 1. The molecule has 1 aromatic heterocycles. The van der Waals surface area contributed by atoms with Crippen LogP contribution in [0.3, 0.4) is 0 Å². The second-order valence-electron chi connectivity index (χ2n) is 9.05. The molecule has 4 aromatic rings. The van der Waals surface area contributed by atoms with E-state index in [-0.39, 0.29) is 30.5 Å². The van der Waals surface area contributed by atoms with Crippen molar-refractivity contribution in [2.24, 2.45) is 0 Å². The number of nitrogens with zero attached hydrogens (tertiary/aromatic N) is 2. The molecule has 1 amide bonds. The Labute approximate surface area is 238 Å². The van der Waals surface area contributed by atoms with Crippen LogP contribution in [0, 0.1) is 0 Å². The van der Waals surface area contributed by atoms with Crippen molar-refractivity contribution in [1.29, 1.82) is 0 Å². The van der Waals surface area contributed by atoms with Crippen LogP contribution in [0.1, 0.15) is 30.6 Å². The second kappa shape index (κ2) is 12.9. The molecule has 0 saturated carbocycles. The molecule has 210 valence electrons. The molecule has 0 fully saturated rings. The molecule has 4 rings (SSSR count). The molecule has 0 aliphatic carbocycles. The number of ether oxygens (including phenoxy) is 2. The number of halogens is 1. The van der Waals surface area contributed by atoms with Gasteiger partial charge in [0.05, 0.1) is 35.0 Å². The molecule has 12 heteroatoms. The number of nitrogens with one attached hydrogen (secondary N) is 3. The van der Waals surface area contributed by atoms with Crippen LogP contribution in [0.5, 0.6) is 5.75 Å². The Morgan fingerprint density at radius 2 is 1.60 bits per heavy atom. The third-order valence-corrected chi connectivity index (χ3v) is 7.55. The van der Waals surface area contributed by atoms with Gasteiger partial charge in [-0.25, -0.2) is 18.4 Å². The fourth-order valence-electron chi connectivity index (χ4n) is 3.81. The number of sulfonamides is 1. The first kappa shape index (κ1) is 29.1. The molecule has 1 heterocycles. The van der Waals surface area contributed by atoms with Gasteiger partial charge in [-0.2, -0.15) is 0 Å². The topological polar surface area (TPSA) is 132 Å². The lowest BCUT2D eigenvalue weighted by Gasteiger charge is -2.22. The Bertz CT molecular complexity index is 1590. The summed E-state index contributed by atoms with van der Waals surface area (Å²) in [7, 11) is -2.64. The molecule has 0 saturated heterocycles. The van der Waals surface area contributed by atoms with E-state index in [0.29, 0.717) is 33.1 Å². The molecular formula is C28H30ClN5O5S. The molecule has 1 atom stereocenters. The molecule has 1 unspecified atom stereocenters. The predicted molar refractivity (Wildman–Crippen MR) is 157 cm³/mol. The highest BCUT2D eigenvalue weighted by molar-refractivity contribution is 7.93. The third kappa shape index (κ3) is 7.38. The first-order chi connectivity index (χ1) is 19.2. The molecule has 3 aromatic carbocycles. The number of rotatable bonds is 12. The third-order valence-electron chi connectivity index (χ3n) is 5.71. The van der Waals surface area contributed by atoms with E-state index in [2.05, 4.69) is 25.3 Å². The summed E-state index contributed by atoms with van der Waals surface area (Å²) in [5.41, 5.74) is 0.669. The number of carbonyl (C=O) groups is 1. The smallest absolute Gasteiger partial charge is 0.261 e. The van der Waals surface area contributed by atoms with Gasteiger partial charge in [0.25, 0.3) is 15.9 Å². The summed E-state index contributed by atoms with van der Waals surface area (Å²) >= 11 is 6.38. The molecular weight excluding hydrogens is 554 g/mol. The summed E-state index contributed by atoms with van der Waals surface area (Å²) < 4.78 is 40.8. The average Bonchev–Trinajstić information content (AvgIpc) is 2.94. The summed E-state index contributed by atoms with van der Waals surface area (Å²) in [5, 5.41) is 6.20. The van der Waals surface area contributed by atoms with Crippen LogP contribution in [0.4, 0.5) is 17.3 Å².